The Morgan fingerprint density at radius 2 is 1.84 bits per heavy atom. The summed E-state index contributed by atoms with van der Waals surface area (Å²) in [5.74, 6) is 1.71. The summed E-state index contributed by atoms with van der Waals surface area (Å²) in [5, 5.41) is 6.91. The van der Waals surface area contributed by atoms with Crippen LogP contribution in [0.1, 0.15) is 57.1 Å². The fraction of sp³-hybridized carbons (Fsp3) is 0.696. The second-order valence-corrected chi connectivity index (χ2v) is 10.9. The van der Waals surface area contributed by atoms with Gasteiger partial charge in [-0.15, -0.1) is 24.0 Å². The van der Waals surface area contributed by atoms with Crippen molar-refractivity contribution in [1.29, 1.82) is 0 Å². The van der Waals surface area contributed by atoms with Crippen LogP contribution in [0.3, 0.4) is 0 Å². The van der Waals surface area contributed by atoms with E-state index in [0.717, 1.165) is 57.8 Å². The number of aliphatic imine (C=N–C) groups is 1. The molecule has 0 spiro atoms. The van der Waals surface area contributed by atoms with E-state index in [2.05, 4.69) is 60.6 Å². The minimum Gasteiger partial charge on any atom is -0.357 e. The molecule has 8 heteroatoms. The van der Waals surface area contributed by atoms with E-state index in [1.807, 2.05) is 0 Å². The van der Waals surface area contributed by atoms with Crippen molar-refractivity contribution < 1.29 is 8.42 Å². The largest absolute Gasteiger partial charge is 0.357 e. The van der Waals surface area contributed by atoms with Crippen LogP contribution in [0.5, 0.6) is 0 Å². The van der Waals surface area contributed by atoms with Crippen molar-refractivity contribution in [3.05, 3.63) is 35.4 Å². The highest BCUT2D eigenvalue weighted by atomic mass is 127. The summed E-state index contributed by atoms with van der Waals surface area (Å²) in [5.41, 5.74) is 2.76. The maximum atomic E-state index is 11.4. The van der Waals surface area contributed by atoms with Gasteiger partial charge < -0.3 is 15.5 Å². The zero-order valence-electron chi connectivity index (χ0n) is 19.6. The third kappa shape index (κ3) is 11.5. The summed E-state index contributed by atoms with van der Waals surface area (Å²) >= 11 is 0. The molecule has 0 atom stereocenters. The molecule has 1 aliphatic heterocycles. The van der Waals surface area contributed by atoms with E-state index in [1.165, 1.54) is 17.4 Å². The molecule has 1 aromatic rings. The molecule has 1 fully saturated rings. The number of piperidine rings is 1. The smallest absolute Gasteiger partial charge is 0.191 e. The van der Waals surface area contributed by atoms with Crippen LogP contribution in [-0.2, 0) is 16.3 Å². The molecule has 0 unspecified atom stereocenters. The number of sulfone groups is 1. The number of rotatable bonds is 10. The van der Waals surface area contributed by atoms with E-state index in [4.69, 9.17) is 4.99 Å². The topological polar surface area (TPSA) is 73.8 Å². The molecule has 1 heterocycles. The Morgan fingerprint density at radius 1 is 1.19 bits per heavy atom. The molecule has 31 heavy (non-hydrogen) atoms. The normalized spacial score (nSPS) is 16.2. The van der Waals surface area contributed by atoms with Gasteiger partial charge in [0, 0.05) is 45.0 Å². The Balaban J connectivity index is 0.00000480. The highest BCUT2D eigenvalue weighted by Gasteiger charge is 2.20. The first-order chi connectivity index (χ1) is 14.3. The molecule has 178 valence electrons. The van der Waals surface area contributed by atoms with E-state index in [1.54, 1.807) is 0 Å². The lowest BCUT2D eigenvalue weighted by Crippen LogP contribution is -2.49. The highest BCUT2D eigenvalue weighted by Crippen LogP contribution is 2.15. The highest BCUT2D eigenvalue weighted by molar-refractivity contribution is 14.0. The summed E-state index contributed by atoms with van der Waals surface area (Å²) in [6.07, 6.45) is 5.40. The average molecular weight is 565 g/mol. The molecule has 1 aliphatic rings. The van der Waals surface area contributed by atoms with Crippen LogP contribution in [0.15, 0.2) is 29.3 Å². The van der Waals surface area contributed by atoms with Gasteiger partial charge >= 0.3 is 0 Å². The maximum Gasteiger partial charge on any atom is 0.191 e. The monoisotopic (exact) mass is 564 g/mol. The molecule has 2 rings (SSSR count). The van der Waals surface area contributed by atoms with Gasteiger partial charge in [0.2, 0.25) is 0 Å². The van der Waals surface area contributed by atoms with Crippen molar-refractivity contribution in [3.8, 4) is 0 Å². The lowest BCUT2D eigenvalue weighted by atomic mass is 10.0. The van der Waals surface area contributed by atoms with E-state index in [9.17, 15) is 8.42 Å². The van der Waals surface area contributed by atoms with Gasteiger partial charge in [-0.3, -0.25) is 4.99 Å². The molecular weight excluding hydrogens is 523 g/mol. The minimum atomic E-state index is -2.89. The number of aryl methyl sites for hydroxylation is 1. The van der Waals surface area contributed by atoms with Crippen LogP contribution >= 0.6 is 24.0 Å². The fourth-order valence-corrected chi connectivity index (χ4v) is 4.24. The van der Waals surface area contributed by atoms with Crippen molar-refractivity contribution >= 4 is 39.8 Å². The van der Waals surface area contributed by atoms with Gasteiger partial charge in [0.05, 0.1) is 5.75 Å². The molecule has 6 nitrogen and oxygen atoms in total. The standard InChI is InChI=1S/C23H40N4O2S.HI/c1-5-24-23(25-14-6-7-20-8-10-21(11-9-20)19(2)3)26-22-12-15-27(16-13-22)17-18-30(4,28)29;/h8-11,19,22H,5-7,12-18H2,1-4H3,(H2,24,25,26);1H. The van der Waals surface area contributed by atoms with Crippen molar-refractivity contribution in [2.24, 2.45) is 4.99 Å². The van der Waals surface area contributed by atoms with Gasteiger partial charge in [0.25, 0.3) is 0 Å². The molecule has 0 amide bonds. The maximum absolute atomic E-state index is 11.4. The second-order valence-electron chi connectivity index (χ2n) is 8.65. The Labute approximate surface area is 206 Å². The minimum absolute atomic E-state index is 0. The van der Waals surface area contributed by atoms with Gasteiger partial charge in [0.1, 0.15) is 9.84 Å². The first kappa shape index (κ1) is 28.2. The number of halogens is 1. The molecule has 0 saturated carbocycles. The average Bonchev–Trinajstić information content (AvgIpc) is 2.70. The van der Waals surface area contributed by atoms with Crippen molar-refractivity contribution in [1.82, 2.24) is 15.5 Å². The summed E-state index contributed by atoms with van der Waals surface area (Å²) < 4.78 is 22.7. The van der Waals surface area contributed by atoms with E-state index in [0.29, 0.717) is 18.5 Å². The predicted octanol–water partition coefficient (Wildman–Crippen LogP) is 3.42. The SMILES string of the molecule is CCNC(=NCCCc1ccc(C(C)C)cc1)NC1CCN(CCS(C)(=O)=O)CC1.I. The third-order valence-corrected chi connectivity index (χ3v) is 6.51. The predicted molar refractivity (Wildman–Crippen MR) is 143 cm³/mol. The van der Waals surface area contributed by atoms with E-state index in [-0.39, 0.29) is 29.7 Å². The van der Waals surface area contributed by atoms with Crippen LogP contribution in [0.4, 0.5) is 0 Å². The summed E-state index contributed by atoms with van der Waals surface area (Å²) in [6, 6.07) is 9.33. The number of nitrogens with zero attached hydrogens (tertiary/aromatic N) is 2. The number of hydrogen-bond donors (Lipinski definition) is 2. The Bertz CT molecular complexity index is 758. The van der Waals surface area contributed by atoms with Crippen molar-refractivity contribution in [3.63, 3.8) is 0 Å². The van der Waals surface area contributed by atoms with Crippen LogP contribution in [0.2, 0.25) is 0 Å². The Morgan fingerprint density at radius 3 is 2.39 bits per heavy atom. The molecule has 1 saturated heterocycles. The van der Waals surface area contributed by atoms with Crippen LogP contribution in [0, 0.1) is 0 Å². The summed E-state index contributed by atoms with van der Waals surface area (Å²) in [7, 11) is -2.89. The lowest BCUT2D eigenvalue weighted by molar-refractivity contribution is 0.216. The van der Waals surface area contributed by atoms with Crippen molar-refractivity contribution in [2.75, 3.05) is 44.7 Å². The van der Waals surface area contributed by atoms with Crippen LogP contribution in [-0.4, -0.2) is 70.1 Å². The summed E-state index contributed by atoms with van der Waals surface area (Å²) in [4.78, 5) is 7.00. The fourth-order valence-electron chi connectivity index (χ4n) is 3.65. The third-order valence-electron chi connectivity index (χ3n) is 5.59. The van der Waals surface area contributed by atoms with Gasteiger partial charge in [-0.2, -0.15) is 0 Å². The Kier molecular flexibility index (Phi) is 13.0. The van der Waals surface area contributed by atoms with Gasteiger partial charge in [-0.25, -0.2) is 8.42 Å². The molecule has 0 aromatic heterocycles. The number of hydrogen-bond acceptors (Lipinski definition) is 4. The lowest BCUT2D eigenvalue weighted by Gasteiger charge is -2.32. The molecule has 2 N–H and O–H groups in total. The summed E-state index contributed by atoms with van der Waals surface area (Å²) in [6.45, 7) is 10.7. The van der Waals surface area contributed by atoms with Gasteiger partial charge in [-0.05, 0) is 49.7 Å². The van der Waals surface area contributed by atoms with Gasteiger partial charge in [-0.1, -0.05) is 38.1 Å². The Hall–Kier alpha value is -0.870. The second kappa shape index (κ2) is 14.3. The van der Waals surface area contributed by atoms with Crippen LogP contribution < -0.4 is 10.6 Å². The molecule has 0 bridgehead atoms. The van der Waals surface area contributed by atoms with Crippen LogP contribution in [0.25, 0.3) is 0 Å². The number of benzene rings is 1. The zero-order chi connectivity index (χ0) is 22.0. The number of nitrogens with one attached hydrogen (secondary N) is 2. The molecular formula is C23H41IN4O2S. The van der Waals surface area contributed by atoms with Crippen molar-refractivity contribution in [2.45, 2.75) is 58.4 Å². The quantitative estimate of drug-likeness (QED) is 0.197. The van der Waals surface area contributed by atoms with Gasteiger partial charge in [0.15, 0.2) is 5.96 Å². The molecule has 1 aromatic carbocycles. The van der Waals surface area contributed by atoms with E-state index >= 15 is 0 Å². The molecule has 0 aliphatic carbocycles. The first-order valence-corrected chi connectivity index (χ1v) is 13.4. The molecule has 0 radical (unpaired) electrons. The number of guanidine groups is 1. The zero-order valence-corrected chi connectivity index (χ0v) is 22.7. The van der Waals surface area contributed by atoms with E-state index < -0.39 is 9.84 Å². The number of likely N-dealkylation sites (tertiary alicyclic amines) is 1. The first-order valence-electron chi connectivity index (χ1n) is 11.3.